The molecule has 1 amide bonds. The topological polar surface area (TPSA) is 104 Å². The van der Waals surface area contributed by atoms with Crippen LogP contribution < -0.4 is 10.6 Å². The predicted molar refractivity (Wildman–Crippen MR) is 97.7 cm³/mol. The number of nitrogens with zero attached hydrogens (tertiary/aromatic N) is 5. The Morgan fingerprint density at radius 1 is 1.26 bits per heavy atom. The zero-order valence-corrected chi connectivity index (χ0v) is 15.2. The molecule has 27 heavy (non-hydrogen) atoms. The molecule has 2 aromatic heterocycles. The van der Waals surface area contributed by atoms with Crippen LogP contribution in [0.5, 0.6) is 0 Å². The Balaban J connectivity index is 1.52. The van der Waals surface area contributed by atoms with Crippen LogP contribution in [0.2, 0.25) is 0 Å². The number of rotatable bonds is 3. The second-order valence-electron chi connectivity index (χ2n) is 6.84. The van der Waals surface area contributed by atoms with Crippen molar-refractivity contribution >= 4 is 11.9 Å². The first-order valence-electron chi connectivity index (χ1n) is 9.17. The van der Waals surface area contributed by atoms with E-state index >= 15 is 0 Å². The Kier molecular flexibility index (Phi) is 4.85. The molecule has 0 radical (unpaired) electrons. The van der Waals surface area contributed by atoms with E-state index in [1.54, 1.807) is 24.1 Å². The van der Waals surface area contributed by atoms with E-state index in [9.17, 15) is 9.59 Å². The minimum absolute atomic E-state index is 0.150. The predicted octanol–water partition coefficient (Wildman–Crippen LogP) is 0.682. The minimum Gasteiger partial charge on any atom is -0.368 e. The first kappa shape index (κ1) is 17.6. The van der Waals surface area contributed by atoms with Gasteiger partial charge in [-0.15, -0.1) is 0 Å². The van der Waals surface area contributed by atoms with Gasteiger partial charge in [0, 0.05) is 31.5 Å². The molecule has 2 fully saturated rings. The smallest absolute Gasteiger partial charge is 0.345 e. The third-order valence-electron chi connectivity index (χ3n) is 4.84. The summed E-state index contributed by atoms with van der Waals surface area (Å²) in [6.45, 7) is 4.88. The lowest BCUT2D eigenvalue weighted by Crippen LogP contribution is -2.43. The summed E-state index contributed by atoms with van der Waals surface area (Å²) in [5, 5.41) is 0. The van der Waals surface area contributed by atoms with Crippen LogP contribution in [-0.2, 0) is 4.74 Å². The van der Waals surface area contributed by atoms with Crippen LogP contribution >= 0.6 is 0 Å². The molecule has 1 atom stereocenters. The van der Waals surface area contributed by atoms with Gasteiger partial charge in [0.1, 0.15) is 11.8 Å². The second kappa shape index (κ2) is 7.43. The van der Waals surface area contributed by atoms with Gasteiger partial charge in [-0.05, 0) is 31.9 Å². The van der Waals surface area contributed by atoms with Crippen LogP contribution in [0.4, 0.5) is 5.95 Å². The van der Waals surface area contributed by atoms with Gasteiger partial charge in [0.2, 0.25) is 5.95 Å². The first-order chi connectivity index (χ1) is 13.1. The Hall–Kier alpha value is -2.81. The van der Waals surface area contributed by atoms with Crippen molar-refractivity contribution in [3.63, 3.8) is 0 Å². The number of morpholine rings is 1. The molecule has 2 saturated heterocycles. The maximum absolute atomic E-state index is 12.8. The molecule has 9 heteroatoms. The van der Waals surface area contributed by atoms with Gasteiger partial charge >= 0.3 is 5.69 Å². The number of anilines is 1. The van der Waals surface area contributed by atoms with E-state index in [4.69, 9.17) is 4.74 Å². The number of H-pyrrole nitrogens is 1. The molecule has 1 unspecified atom stereocenters. The van der Waals surface area contributed by atoms with Crippen LogP contribution in [0.3, 0.4) is 0 Å². The van der Waals surface area contributed by atoms with Crippen LogP contribution in [-0.4, -0.2) is 63.5 Å². The molecule has 2 aliphatic heterocycles. The lowest BCUT2D eigenvalue weighted by Gasteiger charge is -2.32. The van der Waals surface area contributed by atoms with E-state index in [1.165, 1.54) is 0 Å². The summed E-state index contributed by atoms with van der Waals surface area (Å²) in [6, 6.07) is 3.41. The Morgan fingerprint density at radius 2 is 2.07 bits per heavy atom. The van der Waals surface area contributed by atoms with Crippen molar-refractivity contribution in [1.29, 1.82) is 0 Å². The van der Waals surface area contributed by atoms with Crippen LogP contribution in [0, 0.1) is 6.92 Å². The Labute approximate surface area is 156 Å². The van der Waals surface area contributed by atoms with Crippen molar-refractivity contribution in [3.05, 3.63) is 45.9 Å². The summed E-state index contributed by atoms with van der Waals surface area (Å²) in [5.41, 5.74) is 1.00. The van der Waals surface area contributed by atoms with Crippen molar-refractivity contribution in [2.75, 3.05) is 37.7 Å². The van der Waals surface area contributed by atoms with Crippen molar-refractivity contribution in [3.8, 4) is 0 Å². The van der Waals surface area contributed by atoms with Gasteiger partial charge < -0.3 is 19.5 Å². The van der Waals surface area contributed by atoms with E-state index < -0.39 is 5.69 Å². The van der Waals surface area contributed by atoms with Gasteiger partial charge in [-0.25, -0.2) is 14.8 Å². The molecule has 0 aliphatic carbocycles. The monoisotopic (exact) mass is 370 g/mol. The molecule has 0 bridgehead atoms. The number of aromatic nitrogens is 4. The van der Waals surface area contributed by atoms with Crippen LogP contribution in [0.1, 0.15) is 40.8 Å². The van der Waals surface area contributed by atoms with Gasteiger partial charge in [0.15, 0.2) is 0 Å². The molecule has 9 nitrogen and oxygen atoms in total. The zero-order chi connectivity index (χ0) is 18.8. The van der Waals surface area contributed by atoms with E-state index in [0.717, 1.165) is 31.6 Å². The van der Waals surface area contributed by atoms with Gasteiger partial charge in [0.25, 0.3) is 5.91 Å². The number of carbonyl (C=O) groups is 1. The minimum atomic E-state index is -0.519. The number of amides is 1. The summed E-state index contributed by atoms with van der Waals surface area (Å²) in [4.78, 5) is 43.5. The number of ether oxygens (including phenoxy) is 1. The lowest BCUT2D eigenvalue weighted by molar-refractivity contribution is -0.0249. The fourth-order valence-electron chi connectivity index (χ4n) is 3.47. The highest BCUT2D eigenvalue weighted by Crippen LogP contribution is 2.24. The van der Waals surface area contributed by atoms with Crippen LogP contribution in [0.25, 0.3) is 0 Å². The second-order valence-corrected chi connectivity index (χ2v) is 6.84. The summed E-state index contributed by atoms with van der Waals surface area (Å²) < 4.78 is 5.85. The maximum Gasteiger partial charge on any atom is 0.345 e. The Bertz CT molecular complexity index is 893. The maximum atomic E-state index is 12.8. The lowest BCUT2D eigenvalue weighted by atomic mass is 10.2. The molecule has 142 valence electrons. The fraction of sp³-hybridized carbons (Fsp3) is 0.500. The number of carbonyl (C=O) groups excluding carboxylic acids is 1. The molecule has 0 aromatic carbocycles. The normalized spacial score (nSPS) is 20.1. The van der Waals surface area contributed by atoms with Gasteiger partial charge in [-0.2, -0.15) is 4.98 Å². The molecular formula is C18H22N6O3. The van der Waals surface area contributed by atoms with Gasteiger partial charge in [-0.1, -0.05) is 0 Å². The van der Waals surface area contributed by atoms with Gasteiger partial charge in [-0.3, -0.25) is 4.79 Å². The van der Waals surface area contributed by atoms with E-state index in [1.807, 2.05) is 6.07 Å². The molecule has 0 saturated carbocycles. The summed E-state index contributed by atoms with van der Waals surface area (Å²) in [6.07, 6.45) is 3.72. The van der Waals surface area contributed by atoms with Crippen molar-refractivity contribution < 1.29 is 9.53 Å². The molecule has 0 spiro atoms. The third-order valence-corrected chi connectivity index (χ3v) is 4.84. The highest BCUT2D eigenvalue weighted by Gasteiger charge is 2.28. The largest absolute Gasteiger partial charge is 0.368 e. The number of aryl methyl sites for hydroxylation is 1. The molecule has 4 rings (SSSR count). The van der Waals surface area contributed by atoms with E-state index in [-0.39, 0.29) is 17.7 Å². The average molecular weight is 370 g/mol. The Morgan fingerprint density at radius 3 is 2.85 bits per heavy atom. The standard InChI is InChI=1S/C18H22N6O3/c1-12-10-14(22-18(26)20-12)16(25)24-8-9-27-15(11-24)13-4-5-19-17(21-13)23-6-2-3-7-23/h4-5,10,15H,2-3,6-9,11H2,1H3,(H,20,22,26). The average Bonchev–Trinajstić information content (AvgIpc) is 3.22. The SMILES string of the molecule is Cc1cc(C(=O)N2CCOC(c3ccnc(N4CCCC4)n3)C2)nc(=O)[nH]1. The van der Waals surface area contributed by atoms with E-state index in [2.05, 4.69) is 24.8 Å². The fourth-order valence-corrected chi connectivity index (χ4v) is 3.47. The summed E-state index contributed by atoms with van der Waals surface area (Å²) in [5.74, 6) is 0.440. The molecule has 1 N–H and O–H groups in total. The third kappa shape index (κ3) is 3.82. The highest BCUT2D eigenvalue weighted by atomic mass is 16.5. The van der Waals surface area contributed by atoms with Crippen molar-refractivity contribution in [2.24, 2.45) is 0 Å². The number of aromatic amines is 1. The van der Waals surface area contributed by atoms with Crippen molar-refractivity contribution in [2.45, 2.75) is 25.9 Å². The number of hydrogen-bond donors (Lipinski definition) is 1. The highest BCUT2D eigenvalue weighted by molar-refractivity contribution is 5.92. The van der Waals surface area contributed by atoms with Crippen molar-refractivity contribution in [1.82, 2.24) is 24.8 Å². The number of hydrogen-bond acceptors (Lipinski definition) is 7. The molecule has 2 aliphatic rings. The molecule has 2 aromatic rings. The van der Waals surface area contributed by atoms with E-state index in [0.29, 0.717) is 31.3 Å². The summed E-state index contributed by atoms with van der Waals surface area (Å²) >= 11 is 0. The number of nitrogens with one attached hydrogen (secondary N) is 1. The zero-order valence-electron chi connectivity index (χ0n) is 15.2. The van der Waals surface area contributed by atoms with Gasteiger partial charge in [0.05, 0.1) is 18.8 Å². The molecule has 4 heterocycles. The summed E-state index contributed by atoms with van der Waals surface area (Å²) in [7, 11) is 0. The quantitative estimate of drug-likeness (QED) is 0.847. The first-order valence-corrected chi connectivity index (χ1v) is 9.17. The molecular weight excluding hydrogens is 348 g/mol. The van der Waals surface area contributed by atoms with Crippen LogP contribution in [0.15, 0.2) is 23.1 Å².